The monoisotopic (exact) mass is 781 g/mol. The number of benzene rings is 6. The van der Waals surface area contributed by atoms with Gasteiger partial charge < -0.3 is 9.30 Å². The third kappa shape index (κ3) is 5.84. The number of aromatic nitrogens is 5. The van der Waals surface area contributed by atoms with E-state index in [-0.39, 0.29) is 5.41 Å². The third-order valence-electron chi connectivity index (χ3n) is 12.5. The maximum atomic E-state index is 6.95. The molecule has 6 nitrogen and oxygen atoms in total. The molecule has 0 fully saturated rings. The summed E-state index contributed by atoms with van der Waals surface area (Å²) in [6.07, 6.45) is 6.33. The molecule has 0 bridgehead atoms. The van der Waals surface area contributed by atoms with Gasteiger partial charge in [0.05, 0.1) is 33.4 Å². The van der Waals surface area contributed by atoms with Gasteiger partial charge in [-0.25, -0.2) is 9.97 Å². The Bertz CT molecular complexity index is 3240. The number of para-hydroxylation sites is 4. The Kier molecular flexibility index (Phi) is 8.35. The molecular weight excluding hydrogens is 735 g/mol. The summed E-state index contributed by atoms with van der Waals surface area (Å²) in [5.74, 6) is 3.37. The number of imidazole rings is 1. The van der Waals surface area contributed by atoms with Gasteiger partial charge in [0.15, 0.2) is 0 Å². The van der Waals surface area contributed by atoms with Gasteiger partial charge in [-0.15, -0.1) is 0 Å². The highest BCUT2D eigenvalue weighted by Crippen LogP contribution is 2.40. The summed E-state index contributed by atoms with van der Waals surface area (Å²) in [5.41, 5.74) is 13.9. The van der Waals surface area contributed by atoms with E-state index in [1.165, 1.54) is 68.1 Å². The molecule has 4 aromatic heterocycles. The molecule has 10 aromatic rings. The van der Waals surface area contributed by atoms with Crippen molar-refractivity contribution in [2.24, 2.45) is 0 Å². The van der Waals surface area contributed by atoms with Crippen molar-refractivity contribution in [1.29, 1.82) is 0 Å². The van der Waals surface area contributed by atoms with Gasteiger partial charge in [0, 0.05) is 56.8 Å². The van der Waals surface area contributed by atoms with Crippen molar-refractivity contribution in [1.82, 2.24) is 23.7 Å². The Balaban J connectivity index is 1.06. The number of hydrogen-bond donors (Lipinski definition) is 0. The molecule has 60 heavy (non-hydrogen) atoms. The topological polar surface area (TPSA) is 49.8 Å². The van der Waals surface area contributed by atoms with Crippen LogP contribution in [0.4, 0.5) is 0 Å². The van der Waals surface area contributed by atoms with Crippen LogP contribution in [0.1, 0.15) is 61.7 Å². The normalized spacial score (nSPS) is 13.2. The van der Waals surface area contributed by atoms with Gasteiger partial charge in [-0.1, -0.05) is 93.6 Å². The van der Waals surface area contributed by atoms with Gasteiger partial charge in [-0.3, -0.25) is 9.13 Å². The smallest absolute Gasteiger partial charge is 0.145 e. The van der Waals surface area contributed by atoms with E-state index in [2.05, 4.69) is 188 Å². The van der Waals surface area contributed by atoms with Crippen molar-refractivity contribution in [3.8, 4) is 40.1 Å². The van der Waals surface area contributed by atoms with Crippen LogP contribution in [0.3, 0.4) is 0 Å². The van der Waals surface area contributed by atoms with Crippen molar-refractivity contribution >= 4 is 43.6 Å². The lowest BCUT2D eigenvalue weighted by molar-refractivity contribution is 0.479. The molecule has 0 amide bonds. The van der Waals surface area contributed by atoms with E-state index < -0.39 is 0 Å². The van der Waals surface area contributed by atoms with E-state index in [1.807, 2.05) is 6.20 Å². The minimum Gasteiger partial charge on any atom is -0.457 e. The second-order valence-corrected chi connectivity index (χ2v) is 17.5. The maximum Gasteiger partial charge on any atom is 0.145 e. The van der Waals surface area contributed by atoms with Gasteiger partial charge >= 0.3 is 0 Å². The van der Waals surface area contributed by atoms with Crippen LogP contribution < -0.4 is 4.74 Å². The number of pyridine rings is 1. The van der Waals surface area contributed by atoms with Crippen LogP contribution in [-0.4, -0.2) is 23.7 Å². The van der Waals surface area contributed by atoms with E-state index in [1.54, 1.807) is 0 Å². The van der Waals surface area contributed by atoms with E-state index >= 15 is 0 Å². The number of fused-ring (bicyclic) bond motifs is 7. The standard InChI is InChI=1S/C54H47N5O/c1-34-15-13-20-44-45-21-14-16-35(2)52(45)58(51(34)44)39-27-28-55-50(32-39)59-47-23-11-9-19-42(47)43-26-25-40(33-49(43)59)60-41-30-36(29-37(31-41)54(3,4)5)53-56-46-22-10-12-24-48(46)57(53)38-17-7-6-8-18-38/h6-9,11,13-21,23,25-33H,10,12,22,24H2,1-5H3. The Hall–Kier alpha value is -6.92. The van der Waals surface area contributed by atoms with Crippen molar-refractivity contribution in [2.75, 3.05) is 0 Å². The molecule has 6 aromatic carbocycles. The SMILES string of the molecule is Cc1cccc2c3cccc(C)c3n(-c3ccnc(-n4c5ccccc5c5ccc(Oc6cc(-c7nc8c(n7-c7ccccc7)CCCC8)cc(C(C)(C)C)c6)cc54)c3)c12. The fraction of sp³-hybridized carbons (Fsp3) is 0.185. The highest BCUT2D eigenvalue weighted by molar-refractivity contribution is 6.12. The number of ether oxygens (including phenoxy) is 1. The van der Waals surface area contributed by atoms with Crippen LogP contribution in [0.25, 0.3) is 72.2 Å². The zero-order valence-corrected chi connectivity index (χ0v) is 34.8. The third-order valence-corrected chi connectivity index (χ3v) is 12.5. The first-order valence-corrected chi connectivity index (χ1v) is 21.2. The molecule has 1 aliphatic rings. The lowest BCUT2D eigenvalue weighted by Crippen LogP contribution is -2.12. The van der Waals surface area contributed by atoms with Crippen LogP contribution in [-0.2, 0) is 18.3 Å². The van der Waals surface area contributed by atoms with E-state index in [4.69, 9.17) is 14.7 Å². The predicted molar refractivity (Wildman–Crippen MR) is 247 cm³/mol. The lowest BCUT2D eigenvalue weighted by atomic mass is 9.86. The fourth-order valence-electron chi connectivity index (χ4n) is 9.59. The average molecular weight is 782 g/mol. The van der Waals surface area contributed by atoms with Gasteiger partial charge in [-0.2, -0.15) is 0 Å². The first-order valence-electron chi connectivity index (χ1n) is 21.2. The molecule has 0 unspecified atom stereocenters. The second-order valence-electron chi connectivity index (χ2n) is 17.5. The molecule has 0 radical (unpaired) electrons. The van der Waals surface area contributed by atoms with Crippen LogP contribution in [0.15, 0.2) is 146 Å². The molecule has 0 saturated carbocycles. The Morgan fingerprint density at radius 1 is 0.550 bits per heavy atom. The maximum absolute atomic E-state index is 6.95. The summed E-state index contributed by atoms with van der Waals surface area (Å²) in [4.78, 5) is 10.4. The van der Waals surface area contributed by atoms with Gasteiger partial charge in [0.2, 0.25) is 0 Å². The van der Waals surface area contributed by atoms with Crippen LogP contribution in [0.5, 0.6) is 11.5 Å². The number of nitrogens with zero attached hydrogens (tertiary/aromatic N) is 5. The first-order chi connectivity index (χ1) is 29.2. The molecule has 6 heteroatoms. The van der Waals surface area contributed by atoms with E-state index in [9.17, 15) is 0 Å². The molecule has 0 N–H and O–H groups in total. The molecule has 4 heterocycles. The summed E-state index contributed by atoms with van der Waals surface area (Å²) in [5, 5.41) is 4.83. The molecule has 0 aliphatic heterocycles. The zero-order chi connectivity index (χ0) is 40.7. The van der Waals surface area contributed by atoms with Crippen LogP contribution >= 0.6 is 0 Å². The molecule has 0 saturated heterocycles. The number of hydrogen-bond acceptors (Lipinski definition) is 3. The van der Waals surface area contributed by atoms with E-state index in [0.29, 0.717) is 0 Å². The Morgan fingerprint density at radius 2 is 1.25 bits per heavy atom. The van der Waals surface area contributed by atoms with Crippen molar-refractivity contribution in [3.05, 3.63) is 174 Å². The van der Waals surface area contributed by atoms with Gasteiger partial charge in [0.25, 0.3) is 0 Å². The first kappa shape index (κ1) is 36.2. The highest BCUT2D eigenvalue weighted by atomic mass is 16.5. The second kappa shape index (κ2) is 13.8. The molecular formula is C54H47N5O. The van der Waals surface area contributed by atoms with Crippen LogP contribution in [0, 0.1) is 13.8 Å². The Morgan fingerprint density at radius 3 is 2.02 bits per heavy atom. The molecule has 0 spiro atoms. The van der Waals surface area contributed by atoms with Gasteiger partial charge in [-0.05, 0) is 116 Å². The molecule has 294 valence electrons. The summed E-state index contributed by atoms with van der Waals surface area (Å²) >= 11 is 0. The summed E-state index contributed by atoms with van der Waals surface area (Å²) in [6.45, 7) is 11.2. The number of rotatable bonds is 6. The molecule has 1 aliphatic carbocycles. The van der Waals surface area contributed by atoms with E-state index in [0.717, 1.165) is 69.3 Å². The largest absolute Gasteiger partial charge is 0.457 e. The molecule has 11 rings (SSSR count). The van der Waals surface area contributed by atoms with Crippen molar-refractivity contribution < 1.29 is 4.74 Å². The summed E-state index contributed by atoms with van der Waals surface area (Å²) in [6, 6.07) is 50.0. The zero-order valence-electron chi connectivity index (χ0n) is 34.8. The minimum absolute atomic E-state index is 0.113. The minimum atomic E-state index is -0.113. The highest BCUT2D eigenvalue weighted by Gasteiger charge is 2.25. The lowest BCUT2D eigenvalue weighted by Gasteiger charge is -2.22. The van der Waals surface area contributed by atoms with Gasteiger partial charge in [0.1, 0.15) is 23.1 Å². The summed E-state index contributed by atoms with van der Waals surface area (Å²) in [7, 11) is 0. The summed E-state index contributed by atoms with van der Waals surface area (Å²) < 4.78 is 14.0. The fourth-order valence-corrected chi connectivity index (χ4v) is 9.59. The van der Waals surface area contributed by atoms with Crippen molar-refractivity contribution in [2.45, 2.75) is 65.7 Å². The Labute approximate surface area is 350 Å². The predicted octanol–water partition coefficient (Wildman–Crippen LogP) is 13.7. The quantitative estimate of drug-likeness (QED) is 0.169. The molecule has 0 atom stereocenters. The number of aryl methyl sites for hydroxylation is 3. The average Bonchev–Trinajstić information content (AvgIpc) is 3.93. The van der Waals surface area contributed by atoms with Crippen molar-refractivity contribution in [3.63, 3.8) is 0 Å². The van der Waals surface area contributed by atoms with Crippen LogP contribution in [0.2, 0.25) is 0 Å².